The summed E-state index contributed by atoms with van der Waals surface area (Å²) in [6, 6.07) is 15.1. The van der Waals surface area contributed by atoms with Gasteiger partial charge in [-0.2, -0.15) is 13.2 Å². The van der Waals surface area contributed by atoms with Crippen LogP contribution in [0, 0.1) is 6.92 Å². The minimum Gasteiger partial charge on any atom is -0.497 e. The molecule has 0 bridgehead atoms. The number of nitrogens with zero attached hydrogens (tertiary/aromatic N) is 1. The molecule has 3 aromatic rings. The predicted molar refractivity (Wildman–Crippen MR) is 115 cm³/mol. The van der Waals surface area contributed by atoms with Crippen LogP contribution in [-0.4, -0.2) is 34.1 Å². The fraction of sp³-hybridized carbons (Fsp3) is 0.348. The Bertz CT molecular complexity index is 1010. The maximum Gasteiger partial charge on any atom is 0.416 e. The van der Waals surface area contributed by atoms with Gasteiger partial charge in [0.25, 0.3) is 0 Å². The summed E-state index contributed by atoms with van der Waals surface area (Å²) in [5, 5.41) is 20.5. The Hall–Kier alpha value is -2.42. The highest BCUT2D eigenvalue weighted by atomic mass is 32.1. The monoisotopic (exact) mass is 451 g/mol. The van der Waals surface area contributed by atoms with E-state index in [9.17, 15) is 23.4 Å². The maximum atomic E-state index is 12.9. The summed E-state index contributed by atoms with van der Waals surface area (Å²) in [6.07, 6.45) is -6.89. The first-order valence-electron chi connectivity index (χ1n) is 9.71. The molecule has 3 rings (SSSR count). The molecule has 8 heteroatoms. The standard InChI is InChI=1S/C23H24F3NO3S/c1-14-4-6-16(7-5-14)20-19(15-8-10-17(30-3)11-9-15)27-21(31-20)18(28)12-13-22(2,29)23(24,25)26/h4-11,18,28-29H,12-13H2,1-3H3. The van der Waals surface area contributed by atoms with Gasteiger partial charge in [-0.05, 0) is 56.5 Å². The molecule has 0 fully saturated rings. The van der Waals surface area contributed by atoms with Crippen LogP contribution in [0.3, 0.4) is 0 Å². The first-order chi connectivity index (χ1) is 14.5. The van der Waals surface area contributed by atoms with Crippen LogP contribution in [-0.2, 0) is 0 Å². The third kappa shape index (κ3) is 5.26. The van der Waals surface area contributed by atoms with Gasteiger partial charge in [-0.1, -0.05) is 29.8 Å². The lowest BCUT2D eigenvalue weighted by Gasteiger charge is -2.26. The van der Waals surface area contributed by atoms with Crippen LogP contribution < -0.4 is 4.74 Å². The summed E-state index contributed by atoms with van der Waals surface area (Å²) >= 11 is 1.23. The Morgan fingerprint density at radius 1 is 1.03 bits per heavy atom. The van der Waals surface area contributed by atoms with E-state index in [1.54, 1.807) is 19.2 Å². The summed E-state index contributed by atoms with van der Waals surface area (Å²) in [4.78, 5) is 5.37. The van der Waals surface area contributed by atoms with Crippen molar-refractivity contribution in [3.05, 3.63) is 59.1 Å². The molecule has 0 saturated carbocycles. The van der Waals surface area contributed by atoms with Crippen LogP contribution in [0.5, 0.6) is 5.75 Å². The molecule has 0 saturated heterocycles. The molecule has 0 aliphatic rings. The number of aryl methyl sites for hydroxylation is 1. The predicted octanol–water partition coefficient (Wildman–Crippen LogP) is 5.92. The first-order valence-corrected chi connectivity index (χ1v) is 10.5. The molecule has 1 heterocycles. The van der Waals surface area contributed by atoms with Crippen LogP contribution in [0.1, 0.15) is 36.4 Å². The zero-order valence-corrected chi connectivity index (χ0v) is 18.2. The van der Waals surface area contributed by atoms with Gasteiger partial charge in [0.05, 0.1) is 17.7 Å². The molecule has 0 aliphatic carbocycles. The number of aliphatic hydroxyl groups excluding tert-OH is 1. The summed E-state index contributed by atoms with van der Waals surface area (Å²) in [5.74, 6) is 0.686. The van der Waals surface area contributed by atoms with Crippen LogP contribution in [0.4, 0.5) is 13.2 Å². The summed E-state index contributed by atoms with van der Waals surface area (Å²) < 4.78 is 44.0. The molecule has 4 nitrogen and oxygen atoms in total. The van der Waals surface area contributed by atoms with Crippen LogP contribution in [0.25, 0.3) is 21.7 Å². The van der Waals surface area contributed by atoms with Gasteiger partial charge in [-0.25, -0.2) is 4.98 Å². The van der Waals surface area contributed by atoms with Crippen LogP contribution >= 0.6 is 11.3 Å². The van der Waals surface area contributed by atoms with Crippen molar-refractivity contribution in [2.75, 3.05) is 7.11 Å². The Labute approximate surface area is 183 Å². The first kappa shape index (κ1) is 23.2. The third-order valence-electron chi connectivity index (χ3n) is 5.12. The van der Waals surface area contributed by atoms with Gasteiger partial charge in [0, 0.05) is 5.56 Å². The number of rotatable bonds is 7. The van der Waals surface area contributed by atoms with E-state index < -0.39 is 24.3 Å². The lowest BCUT2D eigenvalue weighted by atomic mass is 9.97. The number of alkyl halides is 3. The van der Waals surface area contributed by atoms with Gasteiger partial charge in [0.1, 0.15) is 16.9 Å². The molecule has 2 N–H and O–H groups in total. The van der Waals surface area contributed by atoms with Crippen LogP contribution in [0.2, 0.25) is 0 Å². The van der Waals surface area contributed by atoms with Crippen LogP contribution in [0.15, 0.2) is 48.5 Å². The SMILES string of the molecule is COc1ccc(-c2nc(C(O)CCC(C)(O)C(F)(F)F)sc2-c2ccc(C)cc2)cc1. The Kier molecular flexibility index (Phi) is 6.73. The van der Waals surface area contributed by atoms with Crippen molar-refractivity contribution in [2.45, 2.75) is 44.6 Å². The van der Waals surface area contributed by atoms with Crippen molar-refractivity contribution in [1.29, 1.82) is 0 Å². The van der Waals surface area contributed by atoms with E-state index in [0.717, 1.165) is 21.6 Å². The fourth-order valence-electron chi connectivity index (χ4n) is 3.01. The Morgan fingerprint density at radius 3 is 2.16 bits per heavy atom. The molecular weight excluding hydrogens is 427 g/mol. The molecule has 2 atom stereocenters. The highest BCUT2D eigenvalue weighted by Gasteiger charge is 2.49. The van der Waals surface area contributed by atoms with E-state index in [2.05, 4.69) is 4.98 Å². The van der Waals surface area contributed by atoms with Gasteiger partial charge >= 0.3 is 6.18 Å². The molecule has 0 radical (unpaired) electrons. The van der Waals surface area contributed by atoms with Gasteiger partial charge in [-0.3, -0.25) is 0 Å². The molecule has 1 aromatic heterocycles. The normalized spacial score (nSPS) is 14.8. The highest BCUT2D eigenvalue weighted by Crippen LogP contribution is 2.41. The highest BCUT2D eigenvalue weighted by molar-refractivity contribution is 7.15. The second kappa shape index (κ2) is 8.98. The fourth-order valence-corrected chi connectivity index (χ4v) is 4.12. The minimum absolute atomic E-state index is 0.268. The second-order valence-electron chi connectivity index (χ2n) is 7.65. The molecule has 2 aromatic carbocycles. The van der Waals surface area contributed by atoms with E-state index in [1.165, 1.54) is 11.3 Å². The van der Waals surface area contributed by atoms with Gasteiger partial charge in [0.2, 0.25) is 0 Å². The molecular formula is C23H24F3NO3S. The van der Waals surface area contributed by atoms with Crippen molar-refractivity contribution in [3.63, 3.8) is 0 Å². The molecule has 2 unspecified atom stereocenters. The van der Waals surface area contributed by atoms with Gasteiger partial charge in [0.15, 0.2) is 5.60 Å². The van der Waals surface area contributed by atoms with Crippen molar-refractivity contribution in [2.24, 2.45) is 0 Å². The van der Waals surface area contributed by atoms with E-state index in [4.69, 9.17) is 4.74 Å². The number of benzene rings is 2. The molecule has 0 amide bonds. The van der Waals surface area contributed by atoms with Crippen molar-refractivity contribution < 1.29 is 28.1 Å². The number of thiazole rings is 1. The van der Waals surface area contributed by atoms with E-state index in [-0.39, 0.29) is 6.42 Å². The minimum atomic E-state index is -4.77. The Balaban J connectivity index is 1.95. The number of hydrogen-bond acceptors (Lipinski definition) is 5. The molecule has 166 valence electrons. The summed E-state index contributed by atoms with van der Waals surface area (Å²) in [5.41, 5.74) is 0.550. The smallest absolute Gasteiger partial charge is 0.416 e. The largest absolute Gasteiger partial charge is 0.497 e. The molecule has 31 heavy (non-hydrogen) atoms. The average molecular weight is 452 g/mol. The van der Waals surface area contributed by atoms with Gasteiger partial charge in [-0.15, -0.1) is 11.3 Å². The molecule has 0 aliphatic heterocycles. The molecule has 0 spiro atoms. The van der Waals surface area contributed by atoms with Crippen molar-refractivity contribution in [3.8, 4) is 27.4 Å². The van der Waals surface area contributed by atoms with Gasteiger partial charge < -0.3 is 14.9 Å². The lowest BCUT2D eigenvalue weighted by molar-refractivity contribution is -0.256. The van der Waals surface area contributed by atoms with E-state index in [0.29, 0.717) is 23.4 Å². The zero-order chi connectivity index (χ0) is 22.8. The summed E-state index contributed by atoms with van der Waals surface area (Å²) in [6.45, 7) is 2.69. The second-order valence-corrected chi connectivity index (χ2v) is 8.68. The number of aliphatic hydroxyl groups is 2. The summed E-state index contributed by atoms with van der Waals surface area (Å²) in [7, 11) is 1.57. The number of methoxy groups -OCH3 is 1. The Morgan fingerprint density at radius 2 is 1.61 bits per heavy atom. The number of halogens is 3. The zero-order valence-electron chi connectivity index (χ0n) is 17.4. The van der Waals surface area contributed by atoms with Crippen molar-refractivity contribution in [1.82, 2.24) is 4.98 Å². The maximum absolute atomic E-state index is 12.9. The van der Waals surface area contributed by atoms with Crippen molar-refractivity contribution >= 4 is 11.3 Å². The topological polar surface area (TPSA) is 62.6 Å². The van der Waals surface area contributed by atoms with E-state index in [1.807, 2.05) is 43.3 Å². The third-order valence-corrected chi connectivity index (χ3v) is 6.33. The average Bonchev–Trinajstić information content (AvgIpc) is 3.17. The number of aromatic nitrogens is 1. The number of ether oxygens (including phenoxy) is 1. The van der Waals surface area contributed by atoms with E-state index >= 15 is 0 Å². The lowest BCUT2D eigenvalue weighted by Crippen LogP contribution is -2.42. The quantitative estimate of drug-likeness (QED) is 0.468. The number of hydrogen-bond donors (Lipinski definition) is 2.